The smallest absolute Gasteiger partial charge is 0.340 e. The standard InChI is InChI=1S/C23H18ClF3N4OS/c1-12-28-19(20(33-12)13-6-3-2-4-7-13)22(32)31-9-5-8-18(31)21-29-16-10-14(23(25,26)27)15(24)11-17(16)30-21/h2-4,6-7,10-11,18H,5,8-9H2,1H3,(H,29,30). The molecule has 0 saturated carbocycles. The second-order valence-electron chi connectivity index (χ2n) is 7.90. The van der Waals surface area contributed by atoms with Gasteiger partial charge >= 0.3 is 6.18 Å². The molecule has 0 radical (unpaired) electrons. The van der Waals surface area contributed by atoms with Crippen molar-refractivity contribution in [2.24, 2.45) is 0 Å². The number of hydrogen-bond donors (Lipinski definition) is 1. The number of nitrogens with zero attached hydrogens (tertiary/aromatic N) is 3. The molecular formula is C23H18ClF3N4OS. The number of fused-ring (bicyclic) bond motifs is 1. The number of rotatable bonds is 3. The van der Waals surface area contributed by atoms with Gasteiger partial charge in [-0.1, -0.05) is 41.9 Å². The van der Waals surface area contributed by atoms with Gasteiger partial charge < -0.3 is 9.88 Å². The Bertz CT molecular complexity index is 1350. The highest BCUT2D eigenvalue weighted by molar-refractivity contribution is 7.15. The van der Waals surface area contributed by atoms with E-state index in [1.54, 1.807) is 4.90 Å². The van der Waals surface area contributed by atoms with Gasteiger partial charge in [-0.05, 0) is 37.5 Å². The minimum absolute atomic E-state index is 0.163. The maximum Gasteiger partial charge on any atom is 0.417 e. The number of nitrogens with one attached hydrogen (secondary N) is 1. The number of amides is 1. The molecule has 3 heterocycles. The van der Waals surface area contributed by atoms with Crippen molar-refractivity contribution in [3.8, 4) is 10.4 Å². The van der Waals surface area contributed by atoms with Gasteiger partial charge in [0.15, 0.2) is 0 Å². The number of thiazole rings is 1. The molecule has 1 N–H and O–H groups in total. The summed E-state index contributed by atoms with van der Waals surface area (Å²) in [6.07, 6.45) is -3.17. The van der Waals surface area contributed by atoms with Crippen molar-refractivity contribution in [1.82, 2.24) is 19.9 Å². The molecule has 0 aliphatic carbocycles. The summed E-state index contributed by atoms with van der Waals surface area (Å²) in [6, 6.07) is 11.4. The van der Waals surface area contributed by atoms with Gasteiger partial charge in [-0.3, -0.25) is 4.79 Å². The molecule has 1 saturated heterocycles. The molecule has 10 heteroatoms. The molecule has 5 rings (SSSR count). The molecule has 0 spiro atoms. The summed E-state index contributed by atoms with van der Waals surface area (Å²) >= 11 is 7.31. The molecule has 1 fully saturated rings. The van der Waals surface area contributed by atoms with Crippen LogP contribution in [0.25, 0.3) is 21.5 Å². The number of hydrogen-bond acceptors (Lipinski definition) is 4. The molecule has 33 heavy (non-hydrogen) atoms. The van der Waals surface area contributed by atoms with Gasteiger partial charge in [-0.15, -0.1) is 11.3 Å². The predicted molar refractivity (Wildman–Crippen MR) is 121 cm³/mol. The van der Waals surface area contributed by atoms with E-state index in [1.165, 1.54) is 17.4 Å². The molecular weight excluding hydrogens is 473 g/mol. The zero-order valence-electron chi connectivity index (χ0n) is 17.4. The highest BCUT2D eigenvalue weighted by Gasteiger charge is 2.37. The van der Waals surface area contributed by atoms with Gasteiger partial charge in [0, 0.05) is 6.54 Å². The first-order valence-corrected chi connectivity index (χ1v) is 11.5. The van der Waals surface area contributed by atoms with Crippen molar-refractivity contribution in [3.63, 3.8) is 0 Å². The number of aromatic nitrogens is 3. The molecule has 1 amide bonds. The number of carbonyl (C=O) groups is 1. The second-order valence-corrected chi connectivity index (χ2v) is 9.51. The largest absolute Gasteiger partial charge is 0.417 e. The lowest BCUT2D eigenvalue weighted by Crippen LogP contribution is -2.31. The van der Waals surface area contributed by atoms with Crippen LogP contribution in [0.4, 0.5) is 13.2 Å². The van der Waals surface area contributed by atoms with Crippen LogP contribution in [0.3, 0.4) is 0 Å². The van der Waals surface area contributed by atoms with Gasteiger partial charge in [-0.25, -0.2) is 9.97 Å². The van der Waals surface area contributed by atoms with E-state index < -0.39 is 16.8 Å². The van der Waals surface area contributed by atoms with Crippen LogP contribution in [0.1, 0.15) is 45.8 Å². The Kier molecular flexibility index (Phi) is 5.41. The van der Waals surface area contributed by atoms with E-state index in [-0.39, 0.29) is 17.5 Å². The van der Waals surface area contributed by atoms with Crippen LogP contribution in [-0.4, -0.2) is 32.3 Å². The Hall–Kier alpha value is -2.91. The van der Waals surface area contributed by atoms with Crippen molar-refractivity contribution in [2.45, 2.75) is 32.0 Å². The van der Waals surface area contributed by atoms with Crippen molar-refractivity contribution in [1.29, 1.82) is 0 Å². The Morgan fingerprint density at radius 2 is 1.97 bits per heavy atom. The highest BCUT2D eigenvalue weighted by Crippen LogP contribution is 2.39. The van der Waals surface area contributed by atoms with Gasteiger partial charge in [0.25, 0.3) is 5.91 Å². The summed E-state index contributed by atoms with van der Waals surface area (Å²) in [5.41, 5.74) is 0.932. The van der Waals surface area contributed by atoms with E-state index in [1.807, 2.05) is 37.3 Å². The van der Waals surface area contributed by atoms with Crippen LogP contribution < -0.4 is 0 Å². The normalized spacial score (nSPS) is 16.6. The van der Waals surface area contributed by atoms with Gasteiger partial charge in [0.05, 0.1) is 37.5 Å². The summed E-state index contributed by atoms with van der Waals surface area (Å²) < 4.78 is 39.7. The van der Waals surface area contributed by atoms with Crippen LogP contribution in [0.5, 0.6) is 0 Å². The van der Waals surface area contributed by atoms with Crippen molar-refractivity contribution in [2.75, 3.05) is 6.54 Å². The van der Waals surface area contributed by atoms with E-state index in [4.69, 9.17) is 11.6 Å². The Labute approximate surface area is 196 Å². The molecule has 1 aliphatic rings. The number of likely N-dealkylation sites (tertiary alicyclic amines) is 1. The number of H-pyrrole nitrogens is 1. The summed E-state index contributed by atoms with van der Waals surface area (Å²) in [5.74, 6) is 0.231. The third-order valence-electron chi connectivity index (χ3n) is 5.70. The average molecular weight is 491 g/mol. The predicted octanol–water partition coefficient (Wildman–Crippen LogP) is 6.64. The summed E-state index contributed by atoms with van der Waals surface area (Å²) in [6.45, 7) is 2.37. The van der Waals surface area contributed by atoms with Gasteiger partial charge in [0.2, 0.25) is 0 Å². The van der Waals surface area contributed by atoms with Crippen molar-refractivity contribution < 1.29 is 18.0 Å². The van der Waals surface area contributed by atoms with Crippen LogP contribution in [0, 0.1) is 6.92 Å². The lowest BCUT2D eigenvalue weighted by molar-refractivity contribution is -0.137. The van der Waals surface area contributed by atoms with Gasteiger partial charge in [-0.2, -0.15) is 13.2 Å². The van der Waals surface area contributed by atoms with Crippen LogP contribution in [-0.2, 0) is 6.18 Å². The maximum atomic E-state index is 13.6. The van der Waals surface area contributed by atoms with Crippen molar-refractivity contribution >= 4 is 39.9 Å². The number of aromatic amines is 1. The lowest BCUT2D eigenvalue weighted by atomic mass is 10.1. The third-order valence-corrected chi connectivity index (χ3v) is 7.03. The molecule has 0 bridgehead atoms. The molecule has 1 atom stereocenters. The molecule has 5 nitrogen and oxygen atoms in total. The van der Waals surface area contributed by atoms with Crippen LogP contribution in [0.15, 0.2) is 42.5 Å². The first-order chi connectivity index (χ1) is 15.7. The second kappa shape index (κ2) is 8.14. The van der Waals surface area contributed by atoms with Gasteiger partial charge in [0.1, 0.15) is 11.5 Å². The average Bonchev–Trinajstić information content (AvgIpc) is 3.49. The van der Waals surface area contributed by atoms with Crippen LogP contribution in [0.2, 0.25) is 5.02 Å². The number of halogens is 4. The number of alkyl halides is 3. The fraction of sp³-hybridized carbons (Fsp3) is 0.261. The van der Waals surface area contributed by atoms with E-state index in [9.17, 15) is 18.0 Å². The summed E-state index contributed by atoms with van der Waals surface area (Å²) in [7, 11) is 0. The lowest BCUT2D eigenvalue weighted by Gasteiger charge is -2.22. The number of benzene rings is 2. The van der Waals surface area contributed by atoms with Crippen molar-refractivity contribution in [3.05, 3.63) is 69.6 Å². The molecule has 170 valence electrons. The molecule has 2 aromatic carbocycles. The third kappa shape index (κ3) is 4.00. The Balaban J connectivity index is 1.51. The molecule has 1 unspecified atom stereocenters. The van der Waals surface area contributed by atoms with E-state index in [0.29, 0.717) is 30.0 Å². The quantitative estimate of drug-likeness (QED) is 0.350. The number of imidazole rings is 1. The Morgan fingerprint density at radius 1 is 1.21 bits per heavy atom. The molecule has 1 aliphatic heterocycles. The monoisotopic (exact) mass is 490 g/mol. The van der Waals surface area contributed by atoms with E-state index >= 15 is 0 Å². The maximum absolute atomic E-state index is 13.6. The minimum Gasteiger partial charge on any atom is -0.340 e. The summed E-state index contributed by atoms with van der Waals surface area (Å²) in [4.78, 5) is 28.0. The molecule has 2 aromatic heterocycles. The van der Waals surface area contributed by atoms with E-state index in [0.717, 1.165) is 27.9 Å². The fourth-order valence-corrected chi connectivity index (χ4v) is 5.40. The SMILES string of the molecule is Cc1nc(C(=O)N2CCCC2c2nc3cc(C(F)(F)F)c(Cl)cc3[nH]2)c(-c2ccccc2)s1. The zero-order chi connectivity index (χ0) is 23.3. The van der Waals surface area contributed by atoms with E-state index in [2.05, 4.69) is 15.0 Å². The summed E-state index contributed by atoms with van der Waals surface area (Å²) in [5, 5.41) is 0.390. The fourth-order valence-electron chi connectivity index (χ4n) is 4.21. The zero-order valence-corrected chi connectivity index (χ0v) is 19.0. The van der Waals surface area contributed by atoms with Crippen LogP contribution >= 0.6 is 22.9 Å². The molecule has 4 aromatic rings. The minimum atomic E-state index is -4.57. The number of aryl methyl sites for hydroxylation is 1. The Morgan fingerprint density at radius 3 is 2.70 bits per heavy atom. The first-order valence-electron chi connectivity index (χ1n) is 10.3. The first kappa shape index (κ1) is 21.9. The topological polar surface area (TPSA) is 61.9 Å². The highest BCUT2D eigenvalue weighted by atomic mass is 35.5. The number of carbonyl (C=O) groups excluding carboxylic acids is 1.